The molecular formula is C15H18N2O3S. The van der Waals surface area contributed by atoms with Crippen LogP contribution in [0.2, 0.25) is 0 Å². The van der Waals surface area contributed by atoms with Crippen molar-refractivity contribution in [3.63, 3.8) is 0 Å². The third-order valence-corrected chi connectivity index (χ3v) is 5.48. The lowest BCUT2D eigenvalue weighted by atomic mass is 10.0. The molecular weight excluding hydrogens is 288 g/mol. The largest absolute Gasteiger partial charge is 0.361 e. The minimum Gasteiger partial charge on any atom is -0.361 e. The zero-order chi connectivity index (χ0) is 14.9. The quantitative estimate of drug-likeness (QED) is 0.872. The van der Waals surface area contributed by atoms with Crippen LogP contribution in [0.3, 0.4) is 0 Å². The zero-order valence-electron chi connectivity index (χ0n) is 11.9. The Bertz CT molecular complexity index is 737. The highest BCUT2D eigenvalue weighted by molar-refractivity contribution is 7.88. The summed E-state index contributed by atoms with van der Waals surface area (Å²) in [5, 5.41) is 3.78. The number of aromatic nitrogens is 1. The summed E-state index contributed by atoms with van der Waals surface area (Å²) in [6.07, 6.45) is 1.76. The Morgan fingerprint density at radius 1 is 1.29 bits per heavy atom. The van der Waals surface area contributed by atoms with Crippen LogP contribution in [0.15, 0.2) is 34.9 Å². The smallest absolute Gasteiger partial charge is 0.220 e. The first kappa shape index (κ1) is 14.3. The van der Waals surface area contributed by atoms with Crippen LogP contribution in [0.1, 0.15) is 29.0 Å². The lowest BCUT2D eigenvalue weighted by Gasteiger charge is -2.19. The van der Waals surface area contributed by atoms with Crippen LogP contribution in [0.5, 0.6) is 0 Å². The Morgan fingerprint density at radius 2 is 2.05 bits per heavy atom. The number of nitrogens with zero attached hydrogens (tertiary/aromatic N) is 2. The van der Waals surface area contributed by atoms with Gasteiger partial charge in [0, 0.05) is 19.2 Å². The van der Waals surface area contributed by atoms with Crippen molar-refractivity contribution in [2.45, 2.75) is 32.1 Å². The van der Waals surface area contributed by atoms with Crippen molar-refractivity contribution in [2.75, 3.05) is 6.54 Å². The van der Waals surface area contributed by atoms with Crippen LogP contribution in [-0.2, 0) is 28.7 Å². The van der Waals surface area contributed by atoms with Gasteiger partial charge in [-0.05, 0) is 30.9 Å². The van der Waals surface area contributed by atoms with E-state index in [1.165, 1.54) is 5.56 Å². The van der Waals surface area contributed by atoms with Crippen LogP contribution in [0, 0.1) is 6.92 Å². The Balaban J connectivity index is 1.82. The molecule has 21 heavy (non-hydrogen) atoms. The fraction of sp³-hybridized carbons (Fsp3) is 0.400. The Hall–Kier alpha value is -1.66. The van der Waals surface area contributed by atoms with Gasteiger partial charge in [0.05, 0.1) is 0 Å². The SMILES string of the molecule is Cc1cc(CS(=O)(=O)N2CCCc3ccccc3C2)no1. The molecule has 0 atom stereocenters. The van der Waals surface area contributed by atoms with E-state index in [1.807, 2.05) is 18.2 Å². The average molecular weight is 306 g/mol. The van der Waals surface area contributed by atoms with Gasteiger partial charge in [-0.2, -0.15) is 4.31 Å². The van der Waals surface area contributed by atoms with E-state index in [1.54, 1.807) is 17.3 Å². The monoisotopic (exact) mass is 306 g/mol. The lowest BCUT2D eigenvalue weighted by molar-refractivity contribution is 0.388. The van der Waals surface area contributed by atoms with Crippen molar-refractivity contribution < 1.29 is 12.9 Å². The Labute approximate surface area is 124 Å². The molecule has 2 aromatic rings. The van der Waals surface area contributed by atoms with Gasteiger partial charge in [0.15, 0.2) is 0 Å². The van der Waals surface area contributed by atoms with Gasteiger partial charge in [0.1, 0.15) is 17.2 Å². The topological polar surface area (TPSA) is 63.4 Å². The number of rotatable bonds is 3. The molecule has 0 N–H and O–H groups in total. The van der Waals surface area contributed by atoms with E-state index < -0.39 is 10.0 Å². The van der Waals surface area contributed by atoms with Gasteiger partial charge in [-0.25, -0.2) is 8.42 Å². The average Bonchev–Trinajstić information content (AvgIpc) is 2.73. The summed E-state index contributed by atoms with van der Waals surface area (Å²) in [6.45, 7) is 2.74. The number of hydrogen-bond donors (Lipinski definition) is 0. The van der Waals surface area contributed by atoms with E-state index in [-0.39, 0.29) is 5.75 Å². The minimum atomic E-state index is -3.38. The van der Waals surface area contributed by atoms with Crippen LogP contribution in [0.4, 0.5) is 0 Å². The maximum absolute atomic E-state index is 12.6. The predicted octanol–water partition coefficient (Wildman–Crippen LogP) is 2.26. The molecule has 0 saturated heterocycles. The first-order valence-corrected chi connectivity index (χ1v) is 8.62. The second kappa shape index (κ2) is 5.61. The molecule has 112 valence electrons. The van der Waals surface area contributed by atoms with E-state index in [2.05, 4.69) is 11.2 Å². The summed E-state index contributed by atoms with van der Waals surface area (Å²) >= 11 is 0. The van der Waals surface area contributed by atoms with Crippen molar-refractivity contribution >= 4 is 10.0 Å². The highest BCUT2D eigenvalue weighted by Gasteiger charge is 2.26. The second-order valence-corrected chi connectivity index (χ2v) is 7.36. The molecule has 1 aliphatic rings. The van der Waals surface area contributed by atoms with Crippen LogP contribution in [-0.4, -0.2) is 24.4 Å². The van der Waals surface area contributed by atoms with E-state index in [4.69, 9.17) is 4.52 Å². The summed E-state index contributed by atoms with van der Waals surface area (Å²) in [6, 6.07) is 9.70. The fourth-order valence-corrected chi connectivity index (χ4v) is 4.11. The summed E-state index contributed by atoms with van der Waals surface area (Å²) in [4.78, 5) is 0. The minimum absolute atomic E-state index is 0.105. The predicted molar refractivity (Wildman–Crippen MR) is 79.0 cm³/mol. The highest BCUT2D eigenvalue weighted by Crippen LogP contribution is 2.22. The van der Waals surface area contributed by atoms with E-state index in [0.717, 1.165) is 18.4 Å². The fourth-order valence-electron chi connectivity index (χ4n) is 2.67. The molecule has 0 spiro atoms. The van der Waals surface area contributed by atoms with E-state index >= 15 is 0 Å². The summed E-state index contributed by atoms with van der Waals surface area (Å²) < 4.78 is 31.6. The molecule has 1 aliphatic heterocycles. The molecule has 0 amide bonds. The Morgan fingerprint density at radius 3 is 2.76 bits per heavy atom. The maximum atomic E-state index is 12.6. The van der Waals surface area contributed by atoms with Gasteiger partial charge in [-0.3, -0.25) is 0 Å². The van der Waals surface area contributed by atoms with E-state index in [0.29, 0.717) is 24.5 Å². The highest BCUT2D eigenvalue weighted by atomic mass is 32.2. The van der Waals surface area contributed by atoms with Crippen molar-refractivity contribution in [1.29, 1.82) is 0 Å². The molecule has 0 saturated carbocycles. The summed E-state index contributed by atoms with van der Waals surface area (Å²) in [7, 11) is -3.38. The molecule has 0 aliphatic carbocycles. The summed E-state index contributed by atoms with van der Waals surface area (Å²) in [5.41, 5.74) is 2.80. The molecule has 2 heterocycles. The molecule has 6 heteroatoms. The molecule has 1 aromatic heterocycles. The number of sulfonamides is 1. The molecule has 3 rings (SSSR count). The molecule has 1 aromatic carbocycles. The maximum Gasteiger partial charge on any atom is 0.220 e. The van der Waals surface area contributed by atoms with Crippen LogP contribution in [0.25, 0.3) is 0 Å². The van der Waals surface area contributed by atoms with Crippen LogP contribution < -0.4 is 0 Å². The van der Waals surface area contributed by atoms with Crippen molar-refractivity contribution in [2.24, 2.45) is 0 Å². The molecule has 0 radical (unpaired) electrons. The number of hydrogen-bond acceptors (Lipinski definition) is 4. The van der Waals surface area contributed by atoms with Crippen molar-refractivity contribution in [1.82, 2.24) is 9.46 Å². The molecule has 0 unspecified atom stereocenters. The van der Waals surface area contributed by atoms with Gasteiger partial charge in [0.2, 0.25) is 10.0 Å². The van der Waals surface area contributed by atoms with Gasteiger partial charge in [-0.15, -0.1) is 0 Å². The standard InChI is InChI=1S/C15H18N2O3S/c1-12-9-15(16-20-12)11-21(18,19)17-8-4-7-13-5-2-3-6-14(13)10-17/h2-3,5-6,9H,4,7-8,10-11H2,1H3. The van der Waals surface area contributed by atoms with Gasteiger partial charge in [0.25, 0.3) is 0 Å². The van der Waals surface area contributed by atoms with Crippen molar-refractivity contribution in [3.8, 4) is 0 Å². The molecule has 0 fully saturated rings. The second-order valence-electron chi connectivity index (χ2n) is 5.39. The first-order valence-electron chi connectivity index (χ1n) is 7.01. The third-order valence-electron chi connectivity index (χ3n) is 3.72. The lowest BCUT2D eigenvalue weighted by Crippen LogP contribution is -2.32. The third kappa shape index (κ3) is 3.16. The number of fused-ring (bicyclic) bond motifs is 1. The van der Waals surface area contributed by atoms with Crippen LogP contribution >= 0.6 is 0 Å². The Kier molecular flexibility index (Phi) is 3.82. The summed E-state index contributed by atoms with van der Waals surface area (Å²) in [5.74, 6) is 0.522. The first-order chi connectivity index (χ1) is 10.0. The number of benzene rings is 1. The molecule has 0 bridgehead atoms. The van der Waals surface area contributed by atoms with Crippen molar-refractivity contribution in [3.05, 3.63) is 52.9 Å². The van der Waals surface area contributed by atoms with Gasteiger partial charge in [-0.1, -0.05) is 29.4 Å². The molecule has 5 nitrogen and oxygen atoms in total. The zero-order valence-corrected chi connectivity index (χ0v) is 12.8. The number of aryl methyl sites for hydroxylation is 2. The normalized spacial score (nSPS) is 16.4. The van der Waals surface area contributed by atoms with Gasteiger partial charge < -0.3 is 4.52 Å². The van der Waals surface area contributed by atoms with E-state index in [9.17, 15) is 8.42 Å². The van der Waals surface area contributed by atoms with Gasteiger partial charge >= 0.3 is 0 Å².